The Morgan fingerprint density at radius 3 is 2.70 bits per heavy atom. The summed E-state index contributed by atoms with van der Waals surface area (Å²) in [6.07, 6.45) is 3.88. The number of nitrogens with zero attached hydrogens (tertiary/aromatic N) is 2. The average Bonchev–Trinajstić information content (AvgIpc) is 3.24. The third kappa shape index (κ3) is 3.31. The smallest absolute Gasteiger partial charge is 0.359 e. The molecule has 1 aliphatic carbocycles. The third-order valence-electron chi connectivity index (χ3n) is 4.79. The number of rotatable bonds is 4. The summed E-state index contributed by atoms with van der Waals surface area (Å²) in [6.45, 7) is 4.22. The highest BCUT2D eigenvalue weighted by Crippen LogP contribution is 2.37. The molecule has 1 heterocycles. The molecule has 0 bridgehead atoms. The van der Waals surface area contributed by atoms with Crippen molar-refractivity contribution >= 4 is 17.6 Å². The second kappa shape index (κ2) is 7.23. The number of esters is 1. The highest BCUT2D eigenvalue weighted by atomic mass is 16.5. The van der Waals surface area contributed by atoms with Crippen molar-refractivity contribution in [3.8, 4) is 5.69 Å². The summed E-state index contributed by atoms with van der Waals surface area (Å²) in [7, 11) is 0. The molecule has 3 aromatic rings. The van der Waals surface area contributed by atoms with Crippen LogP contribution >= 0.6 is 0 Å². The Balaban J connectivity index is 1.88. The number of carbonyl (C=O) groups is 1. The SMILES string of the molecule is CCOC(=O)c1nn(-c2cccc(C)c2)c2c1CC/C2=C/c1ccccc1. The maximum atomic E-state index is 12.5. The molecular weight excluding hydrogens is 336 g/mol. The van der Waals surface area contributed by atoms with E-state index in [0.29, 0.717) is 12.3 Å². The lowest BCUT2D eigenvalue weighted by molar-refractivity contribution is 0.0517. The Bertz CT molecular complexity index is 1020. The normalized spacial score (nSPS) is 14.4. The van der Waals surface area contributed by atoms with E-state index in [1.54, 1.807) is 0 Å². The van der Waals surface area contributed by atoms with Gasteiger partial charge in [-0.3, -0.25) is 0 Å². The van der Waals surface area contributed by atoms with Crippen LogP contribution < -0.4 is 0 Å². The van der Waals surface area contributed by atoms with Crippen molar-refractivity contribution in [3.63, 3.8) is 0 Å². The molecule has 1 aliphatic rings. The third-order valence-corrected chi connectivity index (χ3v) is 4.79. The molecule has 4 heteroatoms. The van der Waals surface area contributed by atoms with Crippen molar-refractivity contribution in [3.05, 3.63) is 82.7 Å². The molecule has 0 fully saturated rings. The first-order valence-electron chi connectivity index (χ1n) is 9.29. The first kappa shape index (κ1) is 17.3. The van der Waals surface area contributed by atoms with Gasteiger partial charge in [0.25, 0.3) is 0 Å². The molecule has 0 saturated carbocycles. The van der Waals surface area contributed by atoms with Gasteiger partial charge in [0.1, 0.15) is 0 Å². The second-order valence-corrected chi connectivity index (χ2v) is 6.73. The molecule has 1 aromatic heterocycles. The van der Waals surface area contributed by atoms with Crippen LogP contribution in [-0.4, -0.2) is 22.4 Å². The fraction of sp³-hybridized carbons (Fsp3) is 0.217. The van der Waals surface area contributed by atoms with Gasteiger partial charge < -0.3 is 4.74 Å². The van der Waals surface area contributed by atoms with Crippen molar-refractivity contribution in [1.29, 1.82) is 0 Å². The summed E-state index contributed by atoms with van der Waals surface area (Å²) >= 11 is 0. The maximum absolute atomic E-state index is 12.5. The Hall–Kier alpha value is -3.14. The molecule has 2 aromatic carbocycles. The first-order valence-corrected chi connectivity index (χ1v) is 9.29. The maximum Gasteiger partial charge on any atom is 0.359 e. The van der Waals surface area contributed by atoms with Crippen molar-refractivity contribution in [2.45, 2.75) is 26.7 Å². The lowest BCUT2D eigenvalue weighted by atomic mass is 10.1. The van der Waals surface area contributed by atoms with Crippen LogP contribution in [0.5, 0.6) is 0 Å². The van der Waals surface area contributed by atoms with Gasteiger partial charge >= 0.3 is 5.97 Å². The van der Waals surface area contributed by atoms with E-state index in [0.717, 1.165) is 40.9 Å². The topological polar surface area (TPSA) is 44.1 Å². The number of benzene rings is 2. The van der Waals surface area contributed by atoms with E-state index in [-0.39, 0.29) is 5.97 Å². The highest BCUT2D eigenvalue weighted by Gasteiger charge is 2.30. The van der Waals surface area contributed by atoms with Crippen LogP contribution in [0.3, 0.4) is 0 Å². The van der Waals surface area contributed by atoms with E-state index in [2.05, 4.69) is 42.4 Å². The number of fused-ring (bicyclic) bond motifs is 1. The molecule has 0 aliphatic heterocycles. The summed E-state index contributed by atoms with van der Waals surface area (Å²) in [4.78, 5) is 12.5. The number of allylic oxidation sites excluding steroid dienone is 1. The molecule has 4 nitrogen and oxygen atoms in total. The zero-order chi connectivity index (χ0) is 18.8. The minimum Gasteiger partial charge on any atom is -0.461 e. The van der Waals surface area contributed by atoms with Crippen LogP contribution in [0.1, 0.15) is 46.2 Å². The van der Waals surface area contributed by atoms with E-state index >= 15 is 0 Å². The Labute approximate surface area is 159 Å². The molecule has 0 radical (unpaired) electrons. The van der Waals surface area contributed by atoms with Crippen LogP contribution in [0, 0.1) is 6.92 Å². The van der Waals surface area contributed by atoms with Crippen molar-refractivity contribution in [1.82, 2.24) is 9.78 Å². The highest BCUT2D eigenvalue weighted by molar-refractivity contribution is 5.94. The van der Waals surface area contributed by atoms with Gasteiger partial charge in [-0.1, -0.05) is 42.5 Å². The van der Waals surface area contributed by atoms with Gasteiger partial charge in [-0.25, -0.2) is 9.48 Å². The number of hydrogen-bond donors (Lipinski definition) is 0. The molecular formula is C23H22N2O2. The lowest BCUT2D eigenvalue weighted by Crippen LogP contribution is -2.09. The van der Waals surface area contributed by atoms with Crippen LogP contribution in [0.2, 0.25) is 0 Å². The predicted octanol–water partition coefficient (Wildman–Crippen LogP) is 4.84. The van der Waals surface area contributed by atoms with Gasteiger partial charge in [-0.05, 0) is 61.6 Å². The fourth-order valence-corrected chi connectivity index (χ4v) is 3.60. The number of hydrogen-bond acceptors (Lipinski definition) is 3. The zero-order valence-electron chi connectivity index (χ0n) is 15.6. The number of aryl methyl sites for hydroxylation is 1. The molecule has 0 saturated heterocycles. The largest absolute Gasteiger partial charge is 0.461 e. The number of ether oxygens (including phenoxy) is 1. The molecule has 136 valence electrons. The molecule has 0 N–H and O–H groups in total. The van der Waals surface area contributed by atoms with Gasteiger partial charge in [0.2, 0.25) is 0 Å². The fourth-order valence-electron chi connectivity index (χ4n) is 3.60. The van der Waals surface area contributed by atoms with E-state index in [4.69, 9.17) is 4.74 Å². The Kier molecular flexibility index (Phi) is 4.63. The molecule has 4 rings (SSSR count). The van der Waals surface area contributed by atoms with Crippen molar-refractivity contribution in [2.75, 3.05) is 6.61 Å². The monoisotopic (exact) mass is 358 g/mol. The number of aromatic nitrogens is 2. The van der Waals surface area contributed by atoms with Gasteiger partial charge in [0.15, 0.2) is 5.69 Å². The predicted molar refractivity (Wildman–Crippen MR) is 107 cm³/mol. The summed E-state index contributed by atoms with van der Waals surface area (Å²) in [5, 5.41) is 4.65. The minimum absolute atomic E-state index is 0.345. The minimum atomic E-state index is -0.346. The van der Waals surface area contributed by atoms with Gasteiger partial charge in [-0.2, -0.15) is 5.10 Å². The molecule has 0 spiro atoms. The van der Waals surface area contributed by atoms with Crippen LogP contribution in [-0.2, 0) is 11.2 Å². The van der Waals surface area contributed by atoms with E-state index in [9.17, 15) is 4.79 Å². The standard InChI is InChI=1S/C23H22N2O2/c1-3-27-23(26)21-20-13-12-18(15-17-9-5-4-6-10-17)22(20)25(24-21)19-11-7-8-16(2)14-19/h4-11,14-15H,3,12-13H2,1-2H3/b18-15-. The quantitative estimate of drug-likeness (QED) is 0.627. The molecule has 0 unspecified atom stereocenters. The van der Waals surface area contributed by atoms with Crippen LogP contribution in [0.25, 0.3) is 17.3 Å². The van der Waals surface area contributed by atoms with E-state index < -0.39 is 0 Å². The van der Waals surface area contributed by atoms with Crippen molar-refractivity contribution in [2.24, 2.45) is 0 Å². The Morgan fingerprint density at radius 2 is 1.96 bits per heavy atom. The van der Waals surface area contributed by atoms with Gasteiger partial charge in [0.05, 0.1) is 18.0 Å². The van der Waals surface area contributed by atoms with Crippen LogP contribution in [0.4, 0.5) is 0 Å². The Morgan fingerprint density at radius 1 is 1.15 bits per heavy atom. The first-order chi connectivity index (χ1) is 13.2. The van der Waals surface area contributed by atoms with Crippen molar-refractivity contribution < 1.29 is 9.53 Å². The zero-order valence-corrected chi connectivity index (χ0v) is 15.6. The molecule has 0 amide bonds. The number of carbonyl (C=O) groups excluding carboxylic acids is 1. The van der Waals surface area contributed by atoms with E-state index in [1.807, 2.05) is 41.9 Å². The van der Waals surface area contributed by atoms with E-state index in [1.165, 1.54) is 5.57 Å². The van der Waals surface area contributed by atoms with Gasteiger partial charge in [0, 0.05) is 5.56 Å². The summed E-state index contributed by atoms with van der Waals surface area (Å²) < 4.78 is 7.14. The molecule has 27 heavy (non-hydrogen) atoms. The molecule has 0 atom stereocenters. The van der Waals surface area contributed by atoms with Crippen LogP contribution in [0.15, 0.2) is 54.6 Å². The summed E-state index contributed by atoms with van der Waals surface area (Å²) in [5.74, 6) is -0.346. The lowest BCUT2D eigenvalue weighted by Gasteiger charge is -2.09. The summed E-state index contributed by atoms with van der Waals surface area (Å²) in [5.41, 5.74) is 6.90. The van der Waals surface area contributed by atoms with Gasteiger partial charge in [-0.15, -0.1) is 0 Å². The average molecular weight is 358 g/mol. The summed E-state index contributed by atoms with van der Waals surface area (Å²) in [6, 6.07) is 18.4. The second-order valence-electron chi connectivity index (χ2n) is 6.73.